The van der Waals surface area contributed by atoms with Crippen LogP contribution in [0, 0.1) is 6.92 Å². The van der Waals surface area contributed by atoms with Crippen LogP contribution in [0.15, 0.2) is 24.3 Å². The molecule has 0 saturated heterocycles. The molecule has 15 heavy (non-hydrogen) atoms. The second-order valence-electron chi connectivity index (χ2n) is 2.95. The molecule has 0 radical (unpaired) electrons. The van der Waals surface area contributed by atoms with Crippen LogP contribution in [-0.4, -0.2) is 32.0 Å². The third-order valence-corrected chi connectivity index (χ3v) is 4.71. The van der Waals surface area contributed by atoms with Crippen LogP contribution < -0.4 is 3.61 Å². The maximum atomic E-state index is 9.37. The van der Waals surface area contributed by atoms with Gasteiger partial charge in [0.05, 0.1) is 0 Å². The Labute approximate surface area is 102 Å². The zero-order chi connectivity index (χ0) is 11.7. The van der Waals surface area contributed by atoms with Gasteiger partial charge in [-0.25, -0.2) is 0 Å². The van der Waals surface area contributed by atoms with E-state index in [1.54, 1.807) is 10.5 Å². The van der Waals surface area contributed by atoms with Crippen molar-refractivity contribution in [3.63, 3.8) is 0 Å². The minimum absolute atomic E-state index is 0.143. The summed E-state index contributed by atoms with van der Waals surface area (Å²) >= 11 is 0.143. The molecule has 1 aromatic carbocycles. The van der Waals surface area contributed by atoms with E-state index in [9.17, 15) is 4.79 Å². The van der Waals surface area contributed by atoms with Gasteiger partial charge >= 0.3 is 78.6 Å². The van der Waals surface area contributed by atoms with Crippen LogP contribution in [-0.2, 0) is 4.79 Å². The Balaban J connectivity index is 0.000000336. The van der Waals surface area contributed by atoms with Gasteiger partial charge < -0.3 is 5.11 Å². The molecule has 2 nitrogen and oxygen atoms in total. The molecule has 0 saturated carbocycles. The van der Waals surface area contributed by atoms with E-state index >= 15 is 0 Å². The van der Waals surface area contributed by atoms with E-state index in [1.165, 1.54) is 10.0 Å². The number of carboxylic acid groups (broad SMARTS) is 1. The monoisotopic (exact) mass is 324 g/mol. The van der Waals surface area contributed by atoms with Gasteiger partial charge in [-0.3, -0.25) is 4.79 Å². The van der Waals surface area contributed by atoms with Crippen molar-refractivity contribution in [3.05, 3.63) is 29.8 Å². The third-order valence-electron chi connectivity index (χ3n) is 1.70. The van der Waals surface area contributed by atoms with Crippen molar-refractivity contribution in [1.29, 1.82) is 0 Å². The van der Waals surface area contributed by atoms with Crippen LogP contribution in [0.3, 0.4) is 0 Å². The fourth-order valence-electron chi connectivity index (χ4n) is 0.874. The Morgan fingerprint density at radius 3 is 2.27 bits per heavy atom. The van der Waals surface area contributed by atoms with Gasteiger partial charge in [-0.2, -0.15) is 0 Å². The van der Waals surface area contributed by atoms with Crippen molar-refractivity contribution in [2.45, 2.75) is 31.7 Å². The summed E-state index contributed by atoms with van der Waals surface area (Å²) in [4.78, 5) is 9.37. The summed E-state index contributed by atoms with van der Waals surface area (Å²) in [6.45, 7) is 6.08. The minimum atomic E-state index is -0.745. The van der Waals surface area contributed by atoms with Gasteiger partial charge in [-0.1, -0.05) is 6.92 Å². The molecule has 0 aromatic heterocycles. The van der Waals surface area contributed by atoms with Gasteiger partial charge in [0.25, 0.3) is 0 Å². The van der Waals surface area contributed by atoms with E-state index in [4.69, 9.17) is 5.11 Å². The second-order valence-corrected chi connectivity index (χ2v) is 6.67. The summed E-state index contributed by atoms with van der Waals surface area (Å²) in [7, 11) is 0. The first-order valence-corrected chi connectivity index (χ1v) is 7.83. The average Bonchev–Trinajstić information content (AvgIpc) is 2.23. The van der Waals surface area contributed by atoms with Crippen molar-refractivity contribution >= 4 is 30.5 Å². The van der Waals surface area contributed by atoms with E-state index in [-0.39, 0.29) is 27.3 Å². The van der Waals surface area contributed by atoms with Crippen LogP contribution in [0.1, 0.15) is 25.8 Å². The van der Waals surface area contributed by atoms with Crippen LogP contribution in [0.25, 0.3) is 0 Å². The van der Waals surface area contributed by atoms with Gasteiger partial charge in [0.15, 0.2) is 0 Å². The molecule has 84 valence electrons. The van der Waals surface area contributed by atoms with E-state index in [0.717, 1.165) is 0 Å². The molecular formula is C12H18O2Te. The van der Waals surface area contributed by atoms with Crippen LogP contribution >= 0.6 is 0 Å². The molecule has 0 spiro atoms. The average molecular weight is 322 g/mol. The molecular weight excluding hydrogens is 304 g/mol. The zero-order valence-corrected chi connectivity index (χ0v) is 11.8. The SMILES string of the molecule is CCC(=O)O.CC[Te]c1ccccc1C. The number of carbonyl (C=O) groups is 1. The van der Waals surface area contributed by atoms with E-state index in [1.807, 2.05) is 0 Å². The van der Waals surface area contributed by atoms with Gasteiger partial charge in [0.1, 0.15) is 0 Å². The van der Waals surface area contributed by atoms with Crippen molar-refractivity contribution in [2.24, 2.45) is 0 Å². The predicted molar refractivity (Wildman–Crippen MR) is 65.0 cm³/mol. The predicted octanol–water partition coefficient (Wildman–Crippen LogP) is 2.24. The standard InChI is InChI=1S/C9H12Te.C3H6O2/c1-3-10-9-7-5-4-6-8(9)2;1-2-3(4)5/h4-7H,3H2,1-2H3;2H2,1H3,(H,4,5). The van der Waals surface area contributed by atoms with E-state index in [0.29, 0.717) is 0 Å². The molecule has 0 aliphatic carbocycles. The molecule has 0 heterocycles. The molecule has 1 rings (SSSR count). The maximum absolute atomic E-state index is 9.37. The molecule has 0 aliphatic heterocycles. The van der Waals surface area contributed by atoms with Gasteiger partial charge in [0.2, 0.25) is 0 Å². The summed E-state index contributed by atoms with van der Waals surface area (Å²) in [6, 6.07) is 8.72. The van der Waals surface area contributed by atoms with E-state index in [2.05, 4.69) is 38.1 Å². The summed E-state index contributed by atoms with van der Waals surface area (Å²) in [5.41, 5.74) is 1.48. The van der Waals surface area contributed by atoms with Crippen LogP contribution in [0.5, 0.6) is 0 Å². The summed E-state index contributed by atoms with van der Waals surface area (Å²) in [5, 5.41) is 7.72. The third kappa shape index (κ3) is 7.41. The Bertz CT molecular complexity index is 297. The summed E-state index contributed by atoms with van der Waals surface area (Å²) in [5.74, 6) is -0.745. The molecule has 0 aliphatic rings. The van der Waals surface area contributed by atoms with Gasteiger partial charge in [0, 0.05) is 6.42 Å². The van der Waals surface area contributed by atoms with E-state index < -0.39 is 5.97 Å². The number of benzene rings is 1. The molecule has 1 aromatic rings. The van der Waals surface area contributed by atoms with Crippen molar-refractivity contribution in [3.8, 4) is 0 Å². The number of hydrogen-bond donors (Lipinski definition) is 1. The van der Waals surface area contributed by atoms with Crippen molar-refractivity contribution in [1.82, 2.24) is 0 Å². The number of aliphatic carboxylic acids is 1. The van der Waals surface area contributed by atoms with Crippen LogP contribution in [0.2, 0.25) is 4.47 Å². The zero-order valence-electron chi connectivity index (χ0n) is 9.49. The first-order valence-electron chi connectivity index (χ1n) is 5.02. The molecule has 0 atom stereocenters. The number of aryl methyl sites for hydroxylation is 1. The Morgan fingerprint density at radius 1 is 1.33 bits per heavy atom. The topological polar surface area (TPSA) is 37.3 Å². The first-order chi connectivity index (χ1) is 7.11. The van der Waals surface area contributed by atoms with Crippen molar-refractivity contribution in [2.75, 3.05) is 0 Å². The molecule has 0 fully saturated rings. The molecule has 0 amide bonds. The Kier molecular flexibility index (Phi) is 8.46. The van der Waals surface area contributed by atoms with Gasteiger partial charge in [-0.05, 0) is 0 Å². The molecule has 0 unspecified atom stereocenters. The molecule has 0 bridgehead atoms. The summed E-state index contributed by atoms with van der Waals surface area (Å²) in [6.07, 6.45) is 0.222. The first kappa shape index (κ1) is 14.5. The Morgan fingerprint density at radius 2 is 1.87 bits per heavy atom. The number of rotatable bonds is 3. The normalized spacial score (nSPS) is 9.00. The Hall–Kier alpha value is -0.520. The molecule has 1 N–H and O–H groups in total. The second kappa shape index (κ2) is 8.76. The van der Waals surface area contributed by atoms with Crippen LogP contribution in [0.4, 0.5) is 0 Å². The molecule has 3 heteroatoms. The quantitative estimate of drug-likeness (QED) is 0.867. The number of carboxylic acids is 1. The fourth-order valence-corrected chi connectivity index (χ4v) is 3.10. The van der Waals surface area contributed by atoms with Gasteiger partial charge in [-0.15, -0.1) is 0 Å². The number of hydrogen-bond acceptors (Lipinski definition) is 1. The van der Waals surface area contributed by atoms with Crippen molar-refractivity contribution < 1.29 is 9.90 Å². The summed E-state index contributed by atoms with van der Waals surface area (Å²) < 4.78 is 2.99. The fraction of sp³-hybridized carbons (Fsp3) is 0.417.